The minimum Gasteiger partial charge on any atom is -0.493 e. The van der Waals surface area contributed by atoms with Crippen LogP contribution in [0.3, 0.4) is 0 Å². The molecule has 0 fully saturated rings. The van der Waals surface area contributed by atoms with Crippen molar-refractivity contribution in [1.82, 2.24) is 19.4 Å². The van der Waals surface area contributed by atoms with Crippen molar-refractivity contribution in [2.45, 2.75) is 0 Å². The van der Waals surface area contributed by atoms with E-state index >= 15 is 0 Å². The SMILES string of the molecule is COc1cc(Nc2nccc(Nc3cn4cc(I)ccc4n3)n2)cc(OC)c1OC. The quantitative estimate of drug-likeness (QED) is 0.351. The third-order valence-corrected chi connectivity index (χ3v) is 4.89. The lowest BCUT2D eigenvalue weighted by Crippen LogP contribution is -2.02. The highest BCUT2D eigenvalue weighted by atomic mass is 127. The number of aromatic nitrogens is 4. The lowest BCUT2D eigenvalue weighted by atomic mass is 10.2. The third kappa shape index (κ3) is 4.17. The number of anilines is 4. The van der Waals surface area contributed by atoms with Crippen LogP contribution in [-0.4, -0.2) is 40.7 Å². The molecule has 4 rings (SSSR count). The molecule has 0 saturated carbocycles. The highest BCUT2D eigenvalue weighted by molar-refractivity contribution is 14.1. The van der Waals surface area contributed by atoms with E-state index in [1.54, 1.807) is 45.7 Å². The van der Waals surface area contributed by atoms with Gasteiger partial charge in [-0.2, -0.15) is 4.98 Å². The average molecular weight is 518 g/mol. The summed E-state index contributed by atoms with van der Waals surface area (Å²) in [6.45, 7) is 0. The molecule has 3 heterocycles. The van der Waals surface area contributed by atoms with Gasteiger partial charge in [-0.25, -0.2) is 9.97 Å². The van der Waals surface area contributed by atoms with Crippen molar-refractivity contribution >= 4 is 51.5 Å². The standard InChI is InChI=1S/C20H19IN6O3/c1-28-14-8-13(9-15(29-2)19(14)30-3)23-20-22-7-6-16(26-20)24-17-11-27-10-12(21)4-5-18(27)25-17/h4-11H,1-3H3,(H2,22,23,24,26). The first-order chi connectivity index (χ1) is 14.6. The molecule has 9 nitrogen and oxygen atoms in total. The molecule has 3 aromatic heterocycles. The van der Waals surface area contributed by atoms with Crippen LogP contribution >= 0.6 is 22.6 Å². The lowest BCUT2D eigenvalue weighted by molar-refractivity contribution is 0.324. The predicted octanol–water partition coefficient (Wildman–Crippen LogP) is 4.24. The van der Waals surface area contributed by atoms with Crippen LogP contribution in [0.1, 0.15) is 0 Å². The van der Waals surface area contributed by atoms with Gasteiger partial charge in [0.25, 0.3) is 0 Å². The van der Waals surface area contributed by atoms with Gasteiger partial charge in [-0.05, 0) is 40.8 Å². The van der Waals surface area contributed by atoms with E-state index in [0.717, 1.165) is 9.22 Å². The molecule has 0 unspecified atom stereocenters. The lowest BCUT2D eigenvalue weighted by Gasteiger charge is -2.14. The van der Waals surface area contributed by atoms with Crippen molar-refractivity contribution in [2.75, 3.05) is 32.0 Å². The summed E-state index contributed by atoms with van der Waals surface area (Å²) in [6, 6.07) is 9.32. The molecule has 0 aliphatic rings. The van der Waals surface area contributed by atoms with Crippen molar-refractivity contribution < 1.29 is 14.2 Å². The van der Waals surface area contributed by atoms with Crippen LogP contribution in [0, 0.1) is 3.57 Å². The molecular formula is C20H19IN6O3. The van der Waals surface area contributed by atoms with E-state index in [4.69, 9.17) is 14.2 Å². The van der Waals surface area contributed by atoms with Crippen LogP contribution in [0.15, 0.2) is 48.9 Å². The number of imidazole rings is 1. The number of pyridine rings is 1. The summed E-state index contributed by atoms with van der Waals surface area (Å²) in [7, 11) is 4.70. The van der Waals surface area contributed by atoms with Crippen LogP contribution in [0.2, 0.25) is 0 Å². The minimum absolute atomic E-state index is 0.410. The number of fused-ring (bicyclic) bond motifs is 1. The number of hydrogen-bond acceptors (Lipinski definition) is 8. The minimum atomic E-state index is 0.410. The number of rotatable bonds is 7. The molecule has 154 valence electrons. The number of halogens is 1. The normalized spacial score (nSPS) is 10.7. The maximum absolute atomic E-state index is 5.39. The molecule has 4 aromatic rings. The Balaban J connectivity index is 1.57. The molecule has 0 aliphatic heterocycles. The summed E-state index contributed by atoms with van der Waals surface area (Å²) in [4.78, 5) is 13.3. The second-order valence-corrected chi connectivity index (χ2v) is 7.41. The molecule has 2 N–H and O–H groups in total. The second-order valence-electron chi connectivity index (χ2n) is 6.17. The summed E-state index contributed by atoms with van der Waals surface area (Å²) in [5, 5.41) is 6.37. The van der Waals surface area contributed by atoms with Crippen LogP contribution in [0.25, 0.3) is 5.65 Å². The summed E-state index contributed by atoms with van der Waals surface area (Å²) < 4.78 is 19.2. The molecule has 1 aromatic carbocycles. The zero-order valence-corrected chi connectivity index (χ0v) is 18.7. The molecule has 0 radical (unpaired) electrons. The van der Waals surface area contributed by atoms with Gasteiger partial charge in [0.1, 0.15) is 11.5 Å². The Morgan fingerprint density at radius 1 is 0.867 bits per heavy atom. The molecule has 30 heavy (non-hydrogen) atoms. The highest BCUT2D eigenvalue weighted by Crippen LogP contribution is 2.40. The molecular weight excluding hydrogens is 499 g/mol. The summed E-state index contributed by atoms with van der Waals surface area (Å²) in [6.07, 6.45) is 5.58. The van der Waals surface area contributed by atoms with Gasteiger partial charge < -0.3 is 29.2 Å². The monoisotopic (exact) mass is 518 g/mol. The van der Waals surface area contributed by atoms with Crippen LogP contribution in [0.5, 0.6) is 17.2 Å². The fraction of sp³-hybridized carbons (Fsp3) is 0.150. The maximum atomic E-state index is 5.39. The fourth-order valence-electron chi connectivity index (χ4n) is 2.93. The van der Waals surface area contributed by atoms with E-state index < -0.39 is 0 Å². The van der Waals surface area contributed by atoms with Crippen molar-refractivity contribution in [3.8, 4) is 17.2 Å². The Morgan fingerprint density at radius 2 is 1.63 bits per heavy atom. The number of nitrogens with one attached hydrogen (secondary N) is 2. The molecule has 0 saturated heterocycles. The van der Waals surface area contributed by atoms with Gasteiger partial charge in [0.15, 0.2) is 17.3 Å². The Kier molecular flexibility index (Phi) is 5.74. The molecule has 0 atom stereocenters. The van der Waals surface area contributed by atoms with Crippen molar-refractivity contribution in [3.63, 3.8) is 0 Å². The predicted molar refractivity (Wildman–Crippen MR) is 123 cm³/mol. The van der Waals surface area contributed by atoms with Crippen LogP contribution < -0.4 is 24.8 Å². The van der Waals surface area contributed by atoms with E-state index in [9.17, 15) is 0 Å². The molecule has 0 aliphatic carbocycles. The van der Waals surface area contributed by atoms with E-state index in [1.807, 2.05) is 28.9 Å². The number of nitrogens with zero attached hydrogens (tertiary/aromatic N) is 4. The van der Waals surface area contributed by atoms with Crippen molar-refractivity contribution in [1.29, 1.82) is 0 Å². The highest BCUT2D eigenvalue weighted by Gasteiger charge is 2.14. The number of benzene rings is 1. The van der Waals surface area contributed by atoms with Gasteiger partial charge in [-0.15, -0.1) is 0 Å². The molecule has 10 heteroatoms. The largest absolute Gasteiger partial charge is 0.493 e. The Labute approximate surface area is 186 Å². The summed E-state index contributed by atoms with van der Waals surface area (Å²) in [5.41, 5.74) is 1.55. The van der Waals surface area contributed by atoms with Gasteiger partial charge in [0.2, 0.25) is 11.7 Å². The summed E-state index contributed by atoms with van der Waals surface area (Å²) in [5.74, 6) is 3.30. The Hall–Kier alpha value is -3.28. The number of methoxy groups -OCH3 is 3. The van der Waals surface area contributed by atoms with Gasteiger partial charge in [-0.3, -0.25) is 0 Å². The van der Waals surface area contributed by atoms with E-state index in [0.29, 0.717) is 40.5 Å². The van der Waals surface area contributed by atoms with Gasteiger partial charge in [0, 0.05) is 33.8 Å². The average Bonchev–Trinajstić information content (AvgIpc) is 3.14. The maximum Gasteiger partial charge on any atom is 0.229 e. The van der Waals surface area contributed by atoms with Gasteiger partial charge >= 0.3 is 0 Å². The number of hydrogen-bond donors (Lipinski definition) is 2. The van der Waals surface area contributed by atoms with Crippen molar-refractivity contribution in [3.05, 3.63) is 52.5 Å². The topological polar surface area (TPSA) is 94.8 Å². The van der Waals surface area contributed by atoms with Crippen LogP contribution in [-0.2, 0) is 0 Å². The first-order valence-electron chi connectivity index (χ1n) is 8.91. The molecule has 0 bridgehead atoms. The molecule has 0 amide bonds. The fourth-order valence-corrected chi connectivity index (χ4v) is 3.41. The van der Waals surface area contributed by atoms with Crippen molar-refractivity contribution in [2.24, 2.45) is 0 Å². The van der Waals surface area contributed by atoms with Gasteiger partial charge in [-0.1, -0.05) is 0 Å². The zero-order valence-electron chi connectivity index (χ0n) is 16.5. The van der Waals surface area contributed by atoms with Gasteiger partial charge in [0.05, 0.1) is 27.5 Å². The Bertz CT molecular complexity index is 1170. The second kappa shape index (κ2) is 8.61. The molecule has 0 spiro atoms. The first-order valence-corrected chi connectivity index (χ1v) is 9.99. The third-order valence-electron chi connectivity index (χ3n) is 4.25. The van der Waals surface area contributed by atoms with E-state index in [2.05, 4.69) is 48.2 Å². The van der Waals surface area contributed by atoms with E-state index in [-0.39, 0.29) is 0 Å². The summed E-state index contributed by atoms with van der Waals surface area (Å²) >= 11 is 2.27. The number of ether oxygens (including phenoxy) is 3. The smallest absolute Gasteiger partial charge is 0.229 e. The van der Waals surface area contributed by atoms with E-state index in [1.165, 1.54) is 0 Å². The first kappa shape index (κ1) is 20.0. The zero-order chi connectivity index (χ0) is 21.1. The van der Waals surface area contributed by atoms with Crippen LogP contribution in [0.4, 0.5) is 23.3 Å². The Morgan fingerprint density at radius 3 is 2.33 bits per heavy atom.